The molecule has 0 radical (unpaired) electrons. The Kier molecular flexibility index (Phi) is 10.1. The molecule has 10 heteroatoms. The Morgan fingerprint density at radius 2 is 1.50 bits per heavy atom. The highest BCUT2D eigenvalue weighted by Gasteiger charge is 2.32. The summed E-state index contributed by atoms with van der Waals surface area (Å²) in [5, 5.41) is 17.5. The van der Waals surface area contributed by atoms with Crippen molar-refractivity contribution >= 4 is 35.0 Å². The normalized spacial score (nSPS) is 14.2. The average molecular weight is 671 g/mol. The summed E-state index contributed by atoms with van der Waals surface area (Å²) in [5.41, 5.74) is 7.35. The Balaban J connectivity index is 1.22. The van der Waals surface area contributed by atoms with Crippen molar-refractivity contribution in [2.45, 2.75) is 65.7 Å². The zero-order chi connectivity index (χ0) is 35.4. The van der Waals surface area contributed by atoms with E-state index in [1.165, 1.54) is 0 Å². The topological polar surface area (TPSA) is 126 Å². The third-order valence-electron chi connectivity index (χ3n) is 9.05. The highest BCUT2D eigenvalue weighted by atomic mass is 16.2. The molecule has 3 heterocycles. The maximum absolute atomic E-state index is 14.3. The van der Waals surface area contributed by atoms with Crippen molar-refractivity contribution in [3.8, 4) is 5.69 Å². The molecule has 2 aromatic heterocycles. The molecule has 1 aliphatic rings. The number of anilines is 4. The van der Waals surface area contributed by atoms with Gasteiger partial charge in [-0.1, -0.05) is 50.6 Å². The molecule has 1 unspecified atom stereocenters. The highest BCUT2D eigenvalue weighted by molar-refractivity contribution is 6.02. The predicted molar refractivity (Wildman–Crippen MR) is 200 cm³/mol. The van der Waals surface area contributed by atoms with E-state index in [0.717, 1.165) is 65.5 Å². The molecule has 5 aromatic rings. The number of hydrogen-bond acceptors (Lipinski definition) is 7. The molecular weight excluding hydrogens is 624 g/mol. The van der Waals surface area contributed by atoms with Crippen LogP contribution in [0.1, 0.15) is 78.1 Å². The van der Waals surface area contributed by atoms with Crippen LogP contribution in [-0.4, -0.2) is 44.7 Å². The monoisotopic (exact) mass is 670 g/mol. The molecule has 2 amide bonds. The lowest BCUT2D eigenvalue weighted by Gasteiger charge is -2.30. The summed E-state index contributed by atoms with van der Waals surface area (Å²) >= 11 is 0. The number of piperidine rings is 1. The number of carbonyl (C=O) groups is 2. The molecule has 3 aromatic carbocycles. The second-order valence-corrected chi connectivity index (χ2v) is 14.2. The third kappa shape index (κ3) is 8.26. The van der Waals surface area contributed by atoms with Crippen LogP contribution in [0.4, 0.5) is 27.9 Å². The molecule has 6 rings (SSSR count). The Labute approximate surface area is 294 Å². The summed E-state index contributed by atoms with van der Waals surface area (Å²) in [6, 6.07) is 26.6. The second kappa shape index (κ2) is 14.6. The van der Waals surface area contributed by atoms with E-state index >= 15 is 0 Å². The van der Waals surface area contributed by atoms with E-state index in [4.69, 9.17) is 5.10 Å². The summed E-state index contributed by atoms with van der Waals surface area (Å²) in [4.78, 5) is 36.7. The van der Waals surface area contributed by atoms with E-state index < -0.39 is 6.03 Å². The number of nitrogens with zero attached hydrogens (tertiary/aromatic N) is 4. The van der Waals surface area contributed by atoms with Crippen LogP contribution in [0, 0.1) is 26.7 Å². The average Bonchev–Trinajstić information content (AvgIpc) is 3.50. The molecule has 1 atom stereocenters. The zero-order valence-corrected chi connectivity index (χ0v) is 29.7. The van der Waals surface area contributed by atoms with Gasteiger partial charge >= 0.3 is 6.03 Å². The molecule has 4 N–H and O–H groups in total. The van der Waals surface area contributed by atoms with Crippen LogP contribution in [0.3, 0.4) is 0 Å². The summed E-state index contributed by atoms with van der Waals surface area (Å²) in [7, 11) is 0. The van der Waals surface area contributed by atoms with Gasteiger partial charge in [-0.25, -0.2) is 19.4 Å². The summed E-state index contributed by atoms with van der Waals surface area (Å²) < 4.78 is 1.76. The molecule has 0 saturated carbocycles. The number of amides is 2. The molecule has 0 spiro atoms. The Bertz CT molecular complexity index is 1950. The largest absolute Gasteiger partial charge is 0.324 e. The van der Waals surface area contributed by atoms with Crippen molar-refractivity contribution in [2.24, 2.45) is 5.92 Å². The van der Waals surface area contributed by atoms with Crippen molar-refractivity contribution in [3.63, 3.8) is 0 Å². The Hall–Kier alpha value is -5.35. The van der Waals surface area contributed by atoms with Gasteiger partial charge in [-0.3, -0.25) is 10.1 Å². The van der Waals surface area contributed by atoms with Gasteiger partial charge in [0.1, 0.15) is 5.82 Å². The third-order valence-corrected chi connectivity index (χ3v) is 9.05. The van der Waals surface area contributed by atoms with Gasteiger partial charge in [-0.2, -0.15) is 5.10 Å². The van der Waals surface area contributed by atoms with Crippen LogP contribution in [0.25, 0.3) is 5.69 Å². The standard InChI is InChI=1S/C40H46N8O2/c1-25-10-16-33(17-11-25)48-35(24-34(47-48)40(4,5)6)46-39(50)45-32-9-7-8-30(23-32)36(28-18-20-41-21-19-28)37(49)29-12-14-31(15-13-29)44-38-42-26(2)22-27(3)43-38/h7-17,22-24,28,36,41H,18-21H2,1-6H3,(H,42,43,44)(H2,45,46,50). The number of benzene rings is 3. The second-order valence-electron chi connectivity index (χ2n) is 14.2. The van der Waals surface area contributed by atoms with E-state index in [9.17, 15) is 9.59 Å². The van der Waals surface area contributed by atoms with Gasteiger partial charge in [-0.15, -0.1) is 0 Å². The van der Waals surface area contributed by atoms with Crippen molar-refractivity contribution in [2.75, 3.05) is 29.0 Å². The van der Waals surface area contributed by atoms with Gasteiger partial charge in [0.15, 0.2) is 5.78 Å². The number of ketones is 1. The Morgan fingerprint density at radius 1 is 0.820 bits per heavy atom. The summed E-state index contributed by atoms with van der Waals surface area (Å²) in [6.07, 6.45) is 1.77. The highest BCUT2D eigenvalue weighted by Crippen LogP contribution is 2.36. The lowest BCUT2D eigenvalue weighted by atomic mass is 9.76. The number of hydrogen-bond donors (Lipinski definition) is 4. The van der Waals surface area contributed by atoms with Crippen LogP contribution in [0.15, 0.2) is 84.9 Å². The van der Waals surface area contributed by atoms with E-state index in [-0.39, 0.29) is 23.0 Å². The van der Waals surface area contributed by atoms with Crippen molar-refractivity contribution in [1.82, 2.24) is 25.1 Å². The molecule has 0 bridgehead atoms. The number of aryl methyl sites for hydroxylation is 3. The fourth-order valence-corrected chi connectivity index (χ4v) is 6.43. The first-order valence-corrected chi connectivity index (χ1v) is 17.2. The van der Waals surface area contributed by atoms with Gasteiger partial charge in [0.2, 0.25) is 5.95 Å². The summed E-state index contributed by atoms with van der Waals surface area (Å²) in [5.74, 6) is 0.952. The molecule has 50 heavy (non-hydrogen) atoms. The first-order chi connectivity index (χ1) is 23.9. The smallest absolute Gasteiger partial charge is 0.324 e. The van der Waals surface area contributed by atoms with E-state index in [2.05, 4.69) is 52.0 Å². The van der Waals surface area contributed by atoms with Gasteiger partial charge in [0.25, 0.3) is 0 Å². The van der Waals surface area contributed by atoms with Crippen LogP contribution in [0.5, 0.6) is 0 Å². The molecule has 1 saturated heterocycles. The van der Waals surface area contributed by atoms with E-state index in [1.807, 2.05) is 106 Å². The molecular formula is C40H46N8O2. The van der Waals surface area contributed by atoms with Crippen molar-refractivity contribution in [3.05, 3.63) is 119 Å². The minimum Gasteiger partial charge on any atom is -0.324 e. The van der Waals surface area contributed by atoms with Crippen molar-refractivity contribution in [1.29, 1.82) is 0 Å². The summed E-state index contributed by atoms with van der Waals surface area (Å²) in [6.45, 7) is 13.9. The first kappa shape index (κ1) is 34.5. The quantitative estimate of drug-likeness (QED) is 0.116. The predicted octanol–water partition coefficient (Wildman–Crippen LogP) is 8.24. The lowest BCUT2D eigenvalue weighted by molar-refractivity contribution is 0.0916. The SMILES string of the molecule is Cc1ccc(-n2nc(C(C)(C)C)cc2NC(=O)Nc2cccc(C(C(=O)c3ccc(Nc4nc(C)cc(C)n4)cc3)C3CCNCC3)c2)cc1. The van der Waals surface area contributed by atoms with Crippen LogP contribution in [-0.2, 0) is 5.41 Å². The molecule has 258 valence electrons. The molecule has 0 aliphatic carbocycles. The maximum Gasteiger partial charge on any atom is 0.324 e. The van der Waals surface area contributed by atoms with Gasteiger partial charge in [0.05, 0.1) is 17.3 Å². The minimum atomic E-state index is -0.392. The number of carbonyl (C=O) groups excluding carboxylic acids is 2. The number of aromatic nitrogens is 4. The lowest BCUT2D eigenvalue weighted by Crippen LogP contribution is -2.33. The van der Waals surface area contributed by atoms with E-state index in [0.29, 0.717) is 23.0 Å². The van der Waals surface area contributed by atoms with Gasteiger partial charge in [0, 0.05) is 39.8 Å². The fraction of sp³-hybridized carbons (Fsp3) is 0.325. The fourth-order valence-electron chi connectivity index (χ4n) is 6.43. The van der Waals surface area contributed by atoms with Crippen LogP contribution < -0.4 is 21.3 Å². The number of rotatable bonds is 9. The van der Waals surface area contributed by atoms with Crippen LogP contribution >= 0.6 is 0 Å². The number of urea groups is 1. The number of Topliss-reactive ketones (excluding diaryl/α,β-unsaturated/α-hetero) is 1. The van der Waals surface area contributed by atoms with Crippen molar-refractivity contribution < 1.29 is 9.59 Å². The number of nitrogens with one attached hydrogen (secondary N) is 4. The molecule has 1 fully saturated rings. The zero-order valence-electron chi connectivity index (χ0n) is 29.7. The Morgan fingerprint density at radius 3 is 2.16 bits per heavy atom. The molecule has 10 nitrogen and oxygen atoms in total. The van der Waals surface area contributed by atoms with Gasteiger partial charge < -0.3 is 16.0 Å². The first-order valence-electron chi connectivity index (χ1n) is 17.2. The van der Waals surface area contributed by atoms with E-state index in [1.54, 1.807) is 4.68 Å². The molecule has 1 aliphatic heterocycles. The maximum atomic E-state index is 14.3. The van der Waals surface area contributed by atoms with Gasteiger partial charge in [-0.05, 0) is 113 Å². The minimum absolute atomic E-state index is 0.0596. The van der Waals surface area contributed by atoms with Crippen LogP contribution in [0.2, 0.25) is 0 Å².